The molecule has 8 heteroatoms. The van der Waals surface area contributed by atoms with Crippen LogP contribution in [0.5, 0.6) is 17.2 Å². The molecule has 0 aromatic heterocycles. The van der Waals surface area contributed by atoms with Gasteiger partial charge in [0.2, 0.25) is 0 Å². The molecular weight excluding hydrogens is 404 g/mol. The number of aryl methyl sites for hydroxylation is 2. The van der Waals surface area contributed by atoms with Crippen molar-refractivity contribution in [3.8, 4) is 17.2 Å². The third-order valence-corrected chi connectivity index (χ3v) is 4.89. The van der Waals surface area contributed by atoms with E-state index in [1.807, 2.05) is 32.0 Å². The van der Waals surface area contributed by atoms with Gasteiger partial charge in [-0.1, -0.05) is 6.07 Å². The number of carbonyl (C=O) groups is 2. The highest BCUT2D eigenvalue weighted by molar-refractivity contribution is 7.80. The predicted molar refractivity (Wildman–Crippen MR) is 118 cm³/mol. The fourth-order valence-electron chi connectivity index (χ4n) is 3.29. The van der Waals surface area contributed by atoms with Crippen molar-refractivity contribution < 1.29 is 23.8 Å². The van der Waals surface area contributed by atoms with E-state index in [-0.39, 0.29) is 10.7 Å². The number of rotatable bonds is 5. The first-order chi connectivity index (χ1) is 14.3. The minimum atomic E-state index is -0.592. The van der Waals surface area contributed by atoms with Crippen LogP contribution in [-0.2, 0) is 9.59 Å². The molecular formula is C22H22N2O5S. The highest BCUT2D eigenvalue weighted by atomic mass is 32.1. The number of ether oxygens (including phenoxy) is 3. The van der Waals surface area contributed by atoms with Crippen LogP contribution in [0.25, 0.3) is 6.08 Å². The third-order valence-electron chi connectivity index (χ3n) is 4.61. The molecule has 1 fully saturated rings. The van der Waals surface area contributed by atoms with Gasteiger partial charge in [0.15, 0.2) is 5.11 Å². The maximum absolute atomic E-state index is 13.3. The summed E-state index contributed by atoms with van der Waals surface area (Å²) < 4.78 is 16.1. The molecule has 0 spiro atoms. The lowest BCUT2D eigenvalue weighted by Crippen LogP contribution is -2.54. The lowest BCUT2D eigenvalue weighted by molar-refractivity contribution is -0.122. The number of amides is 2. The summed E-state index contributed by atoms with van der Waals surface area (Å²) >= 11 is 5.28. The van der Waals surface area contributed by atoms with Crippen LogP contribution >= 0.6 is 12.2 Å². The zero-order valence-electron chi connectivity index (χ0n) is 17.4. The Bertz CT molecular complexity index is 1030. The highest BCUT2D eigenvalue weighted by Crippen LogP contribution is 2.36. The molecule has 1 aliphatic rings. The van der Waals surface area contributed by atoms with Crippen LogP contribution in [0.4, 0.5) is 5.69 Å². The van der Waals surface area contributed by atoms with Crippen molar-refractivity contribution in [2.75, 3.05) is 26.2 Å². The summed E-state index contributed by atoms with van der Waals surface area (Å²) in [5, 5.41) is 2.62. The van der Waals surface area contributed by atoms with Gasteiger partial charge in [-0.3, -0.25) is 19.8 Å². The molecule has 0 unspecified atom stereocenters. The summed E-state index contributed by atoms with van der Waals surface area (Å²) in [5.74, 6) is 0.179. The number of nitrogens with zero attached hydrogens (tertiary/aromatic N) is 1. The molecule has 7 nitrogen and oxygen atoms in total. The number of hydrogen-bond acceptors (Lipinski definition) is 6. The Labute approximate surface area is 180 Å². The molecule has 2 aromatic carbocycles. The van der Waals surface area contributed by atoms with Crippen LogP contribution in [0.1, 0.15) is 16.7 Å². The van der Waals surface area contributed by atoms with Gasteiger partial charge in [-0.25, -0.2) is 0 Å². The average Bonchev–Trinajstić information content (AvgIpc) is 2.69. The van der Waals surface area contributed by atoms with Gasteiger partial charge in [-0.05, 0) is 55.4 Å². The Morgan fingerprint density at radius 1 is 0.900 bits per heavy atom. The Hall–Kier alpha value is -3.39. The van der Waals surface area contributed by atoms with E-state index < -0.39 is 11.8 Å². The van der Waals surface area contributed by atoms with Gasteiger partial charge in [0.25, 0.3) is 11.8 Å². The van der Waals surface area contributed by atoms with Gasteiger partial charge in [0.1, 0.15) is 22.8 Å². The van der Waals surface area contributed by atoms with Crippen molar-refractivity contribution in [1.82, 2.24) is 5.32 Å². The minimum Gasteiger partial charge on any atom is -0.496 e. The van der Waals surface area contributed by atoms with Crippen LogP contribution in [0.2, 0.25) is 0 Å². The molecule has 0 atom stereocenters. The molecule has 1 saturated heterocycles. The zero-order chi connectivity index (χ0) is 22.0. The molecule has 0 radical (unpaired) electrons. The maximum atomic E-state index is 13.3. The first kappa shape index (κ1) is 21.3. The second kappa shape index (κ2) is 8.54. The van der Waals surface area contributed by atoms with Gasteiger partial charge < -0.3 is 14.2 Å². The van der Waals surface area contributed by atoms with E-state index in [0.29, 0.717) is 28.5 Å². The largest absolute Gasteiger partial charge is 0.496 e. The molecule has 0 bridgehead atoms. The number of carbonyl (C=O) groups excluding carboxylic acids is 2. The third kappa shape index (κ3) is 3.99. The van der Waals surface area contributed by atoms with E-state index in [9.17, 15) is 9.59 Å². The fourth-order valence-corrected chi connectivity index (χ4v) is 3.57. The van der Waals surface area contributed by atoms with Gasteiger partial charge in [-0.2, -0.15) is 0 Å². The average molecular weight is 426 g/mol. The smallest absolute Gasteiger partial charge is 0.270 e. The lowest BCUT2D eigenvalue weighted by atomic mass is 10.0. The number of thiocarbonyl (C=S) groups is 1. The number of anilines is 1. The van der Waals surface area contributed by atoms with E-state index >= 15 is 0 Å². The molecule has 156 valence electrons. The number of nitrogens with one attached hydrogen (secondary N) is 1. The molecule has 2 amide bonds. The van der Waals surface area contributed by atoms with Gasteiger partial charge in [0, 0.05) is 12.1 Å². The molecule has 2 aromatic rings. The molecule has 1 N–H and O–H groups in total. The first-order valence-corrected chi connectivity index (χ1v) is 9.49. The maximum Gasteiger partial charge on any atom is 0.270 e. The van der Waals surface area contributed by atoms with E-state index in [4.69, 9.17) is 26.4 Å². The Balaban J connectivity index is 2.14. The molecule has 1 heterocycles. The molecule has 0 aliphatic carbocycles. The normalized spacial score (nSPS) is 15.3. The first-order valence-electron chi connectivity index (χ1n) is 9.08. The molecule has 30 heavy (non-hydrogen) atoms. The molecule has 3 rings (SSSR count). The summed E-state index contributed by atoms with van der Waals surface area (Å²) in [6.45, 7) is 3.85. The Morgan fingerprint density at radius 3 is 1.97 bits per heavy atom. The van der Waals surface area contributed by atoms with Crippen molar-refractivity contribution in [3.63, 3.8) is 0 Å². The fraction of sp³-hybridized carbons (Fsp3) is 0.227. The molecule has 1 aliphatic heterocycles. The van der Waals surface area contributed by atoms with Crippen molar-refractivity contribution in [3.05, 3.63) is 52.6 Å². The van der Waals surface area contributed by atoms with Crippen LogP contribution in [-0.4, -0.2) is 38.3 Å². The summed E-state index contributed by atoms with van der Waals surface area (Å²) in [6, 6.07) is 8.95. The monoisotopic (exact) mass is 426 g/mol. The second-order valence-electron chi connectivity index (χ2n) is 6.75. The summed E-state index contributed by atoms with van der Waals surface area (Å²) in [5.41, 5.74) is 2.88. The van der Waals surface area contributed by atoms with E-state index in [1.54, 1.807) is 12.1 Å². The van der Waals surface area contributed by atoms with Crippen LogP contribution in [0.15, 0.2) is 35.9 Å². The van der Waals surface area contributed by atoms with Crippen LogP contribution < -0.4 is 24.4 Å². The Morgan fingerprint density at radius 2 is 1.47 bits per heavy atom. The predicted octanol–water partition coefficient (Wildman–Crippen LogP) is 3.16. The van der Waals surface area contributed by atoms with E-state index in [2.05, 4.69) is 5.32 Å². The standard InChI is InChI=1S/C22H22N2O5S/c1-12-6-13(2)8-14(7-12)24-21(26)17(20(25)23-22(24)30)11-16-18(28-4)9-15(27-3)10-19(16)29-5/h6-11H,1-5H3,(H,23,25,30). The number of hydrogen-bond donors (Lipinski definition) is 1. The zero-order valence-corrected chi connectivity index (χ0v) is 18.2. The van der Waals surface area contributed by atoms with Gasteiger partial charge in [-0.15, -0.1) is 0 Å². The lowest BCUT2D eigenvalue weighted by Gasteiger charge is -2.29. The second-order valence-corrected chi connectivity index (χ2v) is 7.14. The SMILES string of the molecule is COc1cc(OC)c(C=C2C(=O)NC(=S)N(c3cc(C)cc(C)c3)C2=O)c(OC)c1. The van der Waals surface area contributed by atoms with Crippen molar-refractivity contribution in [2.45, 2.75) is 13.8 Å². The van der Waals surface area contributed by atoms with E-state index in [1.165, 1.54) is 32.3 Å². The summed E-state index contributed by atoms with van der Waals surface area (Å²) in [7, 11) is 4.49. The van der Waals surface area contributed by atoms with Crippen LogP contribution in [0, 0.1) is 13.8 Å². The number of methoxy groups -OCH3 is 3. The topological polar surface area (TPSA) is 77.1 Å². The van der Waals surface area contributed by atoms with E-state index in [0.717, 1.165) is 11.1 Å². The quantitative estimate of drug-likeness (QED) is 0.450. The molecule has 0 saturated carbocycles. The van der Waals surface area contributed by atoms with Gasteiger partial charge in [0.05, 0.1) is 32.6 Å². The summed E-state index contributed by atoms with van der Waals surface area (Å²) in [6.07, 6.45) is 1.44. The van der Waals surface area contributed by atoms with Crippen molar-refractivity contribution >= 4 is 40.9 Å². The van der Waals surface area contributed by atoms with Crippen molar-refractivity contribution in [1.29, 1.82) is 0 Å². The van der Waals surface area contributed by atoms with Crippen LogP contribution in [0.3, 0.4) is 0 Å². The Kier molecular flexibility index (Phi) is 6.07. The van der Waals surface area contributed by atoms with Crippen molar-refractivity contribution in [2.24, 2.45) is 0 Å². The minimum absolute atomic E-state index is 0.0285. The highest BCUT2D eigenvalue weighted by Gasteiger charge is 2.35. The van der Waals surface area contributed by atoms with Gasteiger partial charge >= 0.3 is 0 Å². The number of benzene rings is 2. The summed E-state index contributed by atoms with van der Waals surface area (Å²) in [4.78, 5) is 27.2.